The summed E-state index contributed by atoms with van der Waals surface area (Å²) in [5, 5.41) is 0. The molecule has 0 atom stereocenters. The van der Waals surface area contributed by atoms with E-state index in [0.29, 0.717) is 5.88 Å². The summed E-state index contributed by atoms with van der Waals surface area (Å²) < 4.78 is 0. The molecule has 0 N–H and O–H groups in total. The maximum atomic E-state index is 5.07. The Morgan fingerprint density at radius 3 is 1.75 bits per heavy atom. The fraction of sp³-hybridized carbons (Fsp3) is 0.273. The van der Waals surface area contributed by atoms with E-state index in [9.17, 15) is 0 Å². The lowest BCUT2D eigenvalue weighted by molar-refractivity contribution is 1.34. The van der Waals surface area contributed by atoms with Crippen molar-refractivity contribution in [3.63, 3.8) is 0 Å². The molecule has 0 aromatic heterocycles. The Hall–Kier alpha value is -0.750. The maximum absolute atomic E-state index is 5.07. The lowest BCUT2D eigenvalue weighted by atomic mass is 10.1. The number of rotatable bonds is 1. The normalized spacial score (nSPS) is 8.25. The average molecular weight is 183 g/mol. The highest BCUT2D eigenvalue weighted by Gasteiger charge is 1.83. The summed E-state index contributed by atoms with van der Waals surface area (Å²) in [6.07, 6.45) is 1.64. The predicted octanol–water partition coefficient (Wildman–Crippen LogP) is 3.71. The Bertz CT molecular complexity index is 207. The lowest BCUT2D eigenvalue weighted by Crippen LogP contribution is -1.74. The first-order valence-electron chi connectivity index (χ1n) is 3.91. The minimum atomic E-state index is 0.556. The van der Waals surface area contributed by atoms with E-state index in [1.54, 1.807) is 6.08 Å². The zero-order valence-electron chi connectivity index (χ0n) is 7.68. The van der Waals surface area contributed by atoms with Crippen LogP contribution in [0.25, 0.3) is 0 Å². The molecule has 0 radical (unpaired) electrons. The van der Waals surface area contributed by atoms with Gasteiger partial charge in [-0.2, -0.15) is 0 Å². The first-order valence-corrected chi connectivity index (χ1v) is 4.45. The van der Waals surface area contributed by atoms with E-state index >= 15 is 0 Å². The number of hydrogen-bond acceptors (Lipinski definition) is 0. The molecular weight excluding hydrogens is 168 g/mol. The van der Waals surface area contributed by atoms with Gasteiger partial charge in [0.1, 0.15) is 0 Å². The third kappa shape index (κ3) is 4.97. The highest BCUT2D eigenvalue weighted by atomic mass is 35.5. The lowest BCUT2D eigenvalue weighted by Gasteiger charge is -1.93. The van der Waals surface area contributed by atoms with Crippen LogP contribution in [0.15, 0.2) is 36.9 Å². The van der Waals surface area contributed by atoms with Gasteiger partial charge in [0.2, 0.25) is 0 Å². The second-order valence-corrected chi connectivity index (χ2v) is 2.84. The smallest absolute Gasteiger partial charge is 0.0401 e. The van der Waals surface area contributed by atoms with Crippen LogP contribution >= 0.6 is 11.6 Å². The van der Waals surface area contributed by atoms with Gasteiger partial charge in [-0.25, -0.2) is 0 Å². The Balaban J connectivity index is 0.000000261. The third-order valence-electron chi connectivity index (χ3n) is 1.53. The molecule has 12 heavy (non-hydrogen) atoms. The fourth-order valence-corrected chi connectivity index (χ4v) is 0.663. The summed E-state index contributed by atoms with van der Waals surface area (Å²) in [5.41, 5.74) is 2.74. The number of allylic oxidation sites excluding steroid dienone is 1. The Morgan fingerprint density at radius 2 is 1.58 bits per heavy atom. The second kappa shape index (κ2) is 6.93. The summed E-state index contributed by atoms with van der Waals surface area (Å²) >= 11 is 5.07. The molecule has 1 heteroatoms. The van der Waals surface area contributed by atoms with Crippen molar-refractivity contribution in [2.75, 3.05) is 5.88 Å². The van der Waals surface area contributed by atoms with E-state index in [1.807, 2.05) is 0 Å². The molecule has 0 aliphatic rings. The highest BCUT2D eigenvalue weighted by Crippen LogP contribution is 2.02. The quantitative estimate of drug-likeness (QED) is 0.459. The molecule has 1 aromatic carbocycles. The molecule has 0 aliphatic heterocycles. The number of alkyl halides is 1. The second-order valence-electron chi connectivity index (χ2n) is 2.53. The van der Waals surface area contributed by atoms with Gasteiger partial charge in [0, 0.05) is 5.88 Å². The zero-order chi connectivity index (χ0) is 9.40. The standard InChI is InChI=1S/C8H10.C3H5Cl/c1-7-5-3-4-6-8(7)2;1-2-3-4/h3-6H,1-2H3;2H,1,3H2. The van der Waals surface area contributed by atoms with Crippen molar-refractivity contribution in [3.05, 3.63) is 48.0 Å². The van der Waals surface area contributed by atoms with Gasteiger partial charge in [0.05, 0.1) is 0 Å². The SMILES string of the molecule is C=CCCl.Cc1ccccc1C. The van der Waals surface area contributed by atoms with Crippen LogP contribution in [0.3, 0.4) is 0 Å². The van der Waals surface area contributed by atoms with E-state index in [1.165, 1.54) is 11.1 Å². The molecule has 0 saturated carbocycles. The molecule has 66 valence electrons. The third-order valence-corrected chi connectivity index (χ3v) is 1.75. The van der Waals surface area contributed by atoms with Gasteiger partial charge in [0.15, 0.2) is 0 Å². The van der Waals surface area contributed by atoms with Gasteiger partial charge in [-0.05, 0) is 25.0 Å². The van der Waals surface area contributed by atoms with Crippen LogP contribution in [0.4, 0.5) is 0 Å². The maximum Gasteiger partial charge on any atom is 0.0401 e. The predicted molar refractivity (Wildman–Crippen MR) is 56.8 cm³/mol. The van der Waals surface area contributed by atoms with E-state index in [0.717, 1.165) is 0 Å². The summed E-state index contributed by atoms with van der Waals surface area (Å²) in [6, 6.07) is 8.36. The molecule has 0 bridgehead atoms. The molecule has 0 amide bonds. The first-order chi connectivity index (χ1) is 5.72. The summed E-state index contributed by atoms with van der Waals surface area (Å²) in [7, 11) is 0. The van der Waals surface area contributed by atoms with Crippen molar-refractivity contribution in [1.82, 2.24) is 0 Å². The van der Waals surface area contributed by atoms with Crippen LogP contribution in [-0.4, -0.2) is 5.88 Å². The van der Waals surface area contributed by atoms with Gasteiger partial charge in [-0.1, -0.05) is 30.3 Å². The summed E-state index contributed by atoms with van der Waals surface area (Å²) in [4.78, 5) is 0. The van der Waals surface area contributed by atoms with Crippen molar-refractivity contribution in [3.8, 4) is 0 Å². The molecule has 1 aromatic rings. The molecule has 0 heterocycles. The molecule has 0 unspecified atom stereocenters. The first kappa shape index (κ1) is 11.2. The highest BCUT2D eigenvalue weighted by molar-refractivity contribution is 6.18. The van der Waals surface area contributed by atoms with Crippen LogP contribution in [0.5, 0.6) is 0 Å². The number of benzene rings is 1. The minimum Gasteiger partial charge on any atom is -0.122 e. The number of halogens is 1. The number of hydrogen-bond donors (Lipinski definition) is 0. The molecule has 1 rings (SSSR count). The van der Waals surface area contributed by atoms with Gasteiger partial charge in [0.25, 0.3) is 0 Å². The van der Waals surface area contributed by atoms with Crippen molar-refractivity contribution in [2.45, 2.75) is 13.8 Å². The Kier molecular flexibility index (Phi) is 6.50. The Labute approximate surface area is 79.9 Å². The minimum absolute atomic E-state index is 0.556. The fourth-order valence-electron chi connectivity index (χ4n) is 0.663. The van der Waals surface area contributed by atoms with Gasteiger partial charge < -0.3 is 0 Å². The molecule has 0 spiro atoms. The summed E-state index contributed by atoms with van der Waals surface area (Å²) in [6.45, 7) is 7.59. The van der Waals surface area contributed by atoms with Gasteiger partial charge in [-0.3, -0.25) is 0 Å². The van der Waals surface area contributed by atoms with Gasteiger partial charge >= 0.3 is 0 Å². The van der Waals surface area contributed by atoms with Crippen molar-refractivity contribution in [1.29, 1.82) is 0 Å². The molecule has 0 aliphatic carbocycles. The Morgan fingerprint density at radius 1 is 1.25 bits per heavy atom. The molecule has 0 saturated heterocycles. The van der Waals surface area contributed by atoms with Crippen LogP contribution in [0.2, 0.25) is 0 Å². The average Bonchev–Trinajstić information content (AvgIpc) is 2.11. The van der Waals surface area contributed by atoms with Crippen LogP contribution in [0, 0.1) is 13.8 Å². The van der Waals surface area contributed by atoms with Crippen LogP contribution in [-0.2, 0) is 0 Å². The van der Waals surface area contributed by atoms with Crippen molar-refractivity contribution >= 4 is 11.6 Å². The zero-order valence-corrected chi connectivity index (χ0v) is 8.43. The molecular formula is C11H15Cl. The monoisotopic (exact) mass is 182 g/mol. The van der Waals surface area contributed by atoms with E-state index in [4.69, 9.17) is 11.6 Å². The number of aryl methyl sites for hydroxylation is 2. The summed E-state index contributed by atoms with van der Waals surface area (Å²) in [5.74, 6) is 0.556. The van der Waals surface area contributed by atoms with Crippen molar-refractivity contribution < 1.29 is 0 Å². The van der Waals surface area contributed by atoms with Gasteiger partial charge in [-0.15, -0.1) is 18.2 Å². The topological polar surface area (TPSA) is 0 Å². The molecule has 0 fully saturated rings. The van der Waals surface area contributed by atoms with E-state index in [-0.39, 0.29) is 0 Å². The van der Waals surface area contributed by atoms with Crippen LogP contribution in [0.1, 0.15) is 11.1 Å². The largest absolute Gasteiger partial charge is 0.122 e. The van der Waals surface area contributed by atoms with Crippen molar-refractivity contribution in [2.24, 2.45) is 0 Å². The van der Waals surface area contributed by atoms with E-state index < -0.39 is 0 Å². The molecule has 0 nitrogen and oxygen atoms in total. The van der Waals surface area contributed by atoms with E-state index in [2.05, 4.69) is 44.7 Å². The van der Waals surface area contributed by atoms with Crippen LogP contribution < -0.4 is 0 Å².